The van der Waals surface area contributed by atoms with Crippen LogP contribution in [0.5, 0.6) is 0 Å². The molecular formula is C63H48N2. The lowest BCUT2D eigenvalue weighted by Crippen LogP contribution is -2.15. The molecule has 65 heavy (non-hydrogen) atoms. The van der Waals surface area contributed by atoms with Crippen LogP contribution in [0, 0.1) is 13.8 Å². The van der Waals surface area contributed by atoms with E-state index >= 15 is 0 Å². The predicted octanol–water partition coefficient (Wildman–Crippen LogP) is 17.3. The van der Waals surface area contributed by atoms with Crippen molar-refractivity contribution in [1.29, 1.82) is 0 Å². The Morgan fingerprint density at radius 2 is 0.877 bits per heavy atom. The molecule has 0 radical (unpaired) electrons. The van der Waals surface area contributed by atoms with Gasteiger partial charge in [-0.15, -0.1) is 0 Å². The van der Waals surface area contributed by atoms with Crippen LogP contribution < -0.4 is 4.90 Å². The molecule has 0 saturated heterocycles. The lowest BCUT2D eigenvalue weighted by atomic mass is 9.81. The van der Waals surface area contributed by atoms with Crippen LogP contribution in [0.4, 0.5) is 17.1 Å². The van der Waals surface area contributed by atoms with Gasteiger partial charge in [0, 0.05) is 38.9 Å². The number of para-hydroxylation sites is 1. The van der Waals surface area contributed by atoms with E-state index in [1.165, 1.54) is 99.3 Å². The number of hydrogen-bond acceptors (Lipinski definition) is 1. The SMILES string of the molecule is Cc1ccc(N(c2ccc(-c3ccc4c(c3)C(C)(C)c3cc(C)ccc3-4)cc2)c2ccc(-c3ccc4c(c3)c3ccccc3n4-c3cccc(-c4ccc5ccccc5c4)c3)cc2)cc1. The predicted molar refractivity (Wildman–Crippen MR) is 276 cm³/mol. The molecule has 2 heteroatoms. The van der Waals surface area contributed by atoms with Gasteiger partial charge >= 0.3 is 0 Å². The smallest absolute Gasteiger partial charge is 0.0541 e. The summed E-state index contributed by atoms with van der Waals surface area (Å²) in [4.78, 5) is 2.36. The number of rotatable bonds is 7. The van der Waals surface area contributed by atoms with Crippen LogP contribution in [0.2, 0.25) is 0 Å². The van der Waals surface area contributed by atoms with Gasteiger partial charge in [0.1, 0.15) is 0 Å². The summed E-state index contributed by atoms with van der Waals surface area (Å²) in [5, 5.41) is 5.00. The molecule has 2 nitrogen and oxygen atoms in total. The molecule has 0 atom stereocenters. The normalized spacial score (nSPS) is 12.7. The number of fused-ring (bicyclic) bond motifs is 7. The molecule has 1 aliphatic carbocycles. The second-order valence-corrected chi connectivity index (χ2v) is 18.4. The third kappa shape index (κ3) is 6.56. The maximum absolute atomic E-state index is 2.41. The molecule has 0 N–H and O–H groups in total. The van der Waals surface area contributed by atoms with Crippen LogP contribution in [0.3, 0.4) is 0 Å². The first-order valence-electron chi connectivity index (χ1n) is 22.7. The van der Waals surface area contributed by atoms with E-state index in [1.54, 1.807) is 0 Å². The fourth-order valence-electron chi connectivity index (χ4n) is 10.4. The van der Waals surface area contributed by atoms with Crippen LogP contribution in [0.1, 0.15) is 36.1 Å². The highest BCUT2D eigenvalue weighted by molar-refractivity contribution is 6.10. The van der Waals surface area contributed by atoms with E-state index in [1.807, 2.05) is 0 Å². The first-order valence-corrected chi connectivity index (χ1v) is 22.7. The minimum Gasteiger partial charge on any atom is -0.311 e. The van der Waals surface area contributed by atoms with Gasteiger partial charge in [-0.3, -0.25) is 0 Å². The Morgan fingerprint density at radius 1 is 0.354 bits per heavy atom. The Labute approximate surface area is 381 Å². The minimum atomic E-state index is -0.0440. The van der Waals surface area contributed by atoms with Crippen LogP contribution in [-0.4, -0.2) is 4.57 Å². The first-order chi connectivity index (χ1) is 31.8. The van der Waals surface area contributed by atoms with E-state index in [0.29, 0.717) is 0 Å². The van der Waals surface area contributed by atoms with Gasteiger partial charge in [-0.25, -0.2) is 0 Å². The van der Waals surface area contributed by atoms with E-state index < -0.39 is 0 Å². The van der Waals surface area contributed by atoms with E-state index in [2.05, 4.69) is 256 Å². The molecule has 1 aromatic heterocycles. The molecule has 310 valence electrons. The van der Waals surface area contributed by atoms with Crippen molar-refractivity contribution >= 4 is 49.6 Å². The van der Waals surface area contributed by atoms with E-state index in [-0.39, 0.29) is 5.41 Å². The maximum atomic E-state index is 2.41. The largest absolute Gasteiger partial charge is 0.311 e. The first kappa shape index (κ1) is 38.7. The molecule has 1 aliphatic rings. The van der Waals surface area contributed by atoms with Gasteiger partial charge in [-0.1, -0.05) is 165 Å². The summed E-state index contributed by atoms with van der Waals surface area (Å²) in [6.07, 6.45) is 0. The van der Waals surface area contributed by atoms with Crippen molar-refractivity contribution in [3.05, 3.63) is 241 Å². The second kappa shape index (κ2) is 15.1. The summed E-state index contributed by atoms with van der Waals surface area (Å²) in [5.41, 5.74) is 22.2. The highest BCUT2D eigenvalue weighted by Crippen LogP contribution is 2.50. The molecule has 0 amide bonds. The number of nitrogens with zero attached hydrogens (tertiary/aromatic N) is 2. The molecule has 1 heterocycles. The van der Waals surface area contributed by atoms with Gasteiger partial charge in [-0.05, 0) is 159 Å². The Balaban J connectivity index is 0.875. The molecule has 0 fully saturated rings. The summed E-state index contributed by atoms with van der Waals surface area (Å²) in [5.74, 6) is 0. The fourth-order valence-corrected chi connectivity index (χ4v) is 10.4. The van der Waals surface area contributed by atoms with Gasteiger partial charge in [0.15, 0.2) is 0 Å². The average Bonchev–Trinajstić information content (AvgIpc) is 3.79. The average molecular weight is 833 g/mol. The summed E-state index contributed by atoms with van der Waals surface area (Å²) in [7, 11) is 0. The quantitative estimate of drug-likeness (QED) is 0.155. The highest BCUT2D eigenvalue weighted by Gasteiger charge is 2.35. The zero-order valence-electron chi connectivity index (χ0n) is 37.2. The lowest BCUT2D eigenvalue weighted by molar-refractivity contribution is 0.660. The summed E-state index contributed by atoms with van der Waals surface area (Å²) >= 11 is 0. The van der Waals surface area contributed by atoms with Crippen molar-refractivity contribution in [2.45, 2.75) is 33.1 Å². The van der Waals surface area contributed by atoms with E-state index in [0.717, 1.165) is 22.7 Å². The van der Waals surface area contributed by atoms with Crippen molar-refractivity contribution in [2.75, 3.05) is 4.90 Å². The van der Waals surface area contributed by atoms with Gasteiger partial charge in [0.25, 0.3) is 0 Å². The van der Waals surface area contributed by atoms with Crippen molar-refractivity contribution in [2.24, 2.45) is 0 Å². The van der Waals surface area contributed by atoms with E-state index in [9.17, 15) is 0 Å². The topological polar surface area (TPSA) is 8.17 Å². The van der Waals surface area contributed by atoms with Crippen LogP contribution in [0.15, 0.2) is 218 Å². The van der Waals surface area contributed by atoms with Crippen molar-refractivity contribution in [1.82, 2.24) is 4.57 Å². The standard InChI is InChI=1S/C63H48N2/c1-41-16-27-51(28-17-41)64(53-31-23-45(24-32-53)50-25-34-56-55-33-18-42(2)36-59(55)63(3,4)60(56)40-50)52-29-21-44(22-30-52)49-26-35-62-58(39-49)57-14-7-8-15-61(57)65(62)54-13-9-12-47(38-54)48-20-19-43-10-5-6-11-46(43)37-48/h5-40H,1-4H3. The Kier molecular flexibility index (Phi) is 9.00. The molecular weight excluding hydrogens is 785 g/mol. The Hall–Kier alpha value is -7.94. The maximum Gasteiger partial charge on any atom is 0.0541 e. The lowest BCUT2D eigenvalue weighted by Gasteiger charge is -2.26. The third-order valence-electron chi connectivity index (χ3n) is 13.9. The molecule has 0 bridgehead atoms. The molecule has 10 aromatic carbocycles. The fraction of sp³-hybridized carbons (Fsp3) is 0.0794. The molecule has 12 rings (SSSR count). The summed E-state index contributed by atoms with van der Waals surface area (Å²) in [6.45, 7) is 9.06. The van der Waals surface area contributed by atoms with Gasteiger partial charge in [-0.2, -0.15) is 0 Å². The summed E-state index contributed by atoms with van der Waals surface area (Å²) < 4.78 is 2.41. The van der Waals surface area contributed by atoms with Crippen molar-refractivity contribution in [3.8, 4) is 50.2 Å². The second-order valence-electron chi connectivity index (χ2n) is 18.4. The monoisotopic (exact) mass is 832 g/mol. The Morgan fingerprint density at radius 3 is 1.62 bits per heavy atom. The highest BCUT2D eigenvalue weighted by atomic mass is 15.1. The molecule has 0 aliphatic heterocycles. The van der Waals surface area contributed by atoms with Gasteiger partial charge in [0.05, 0.1) is 11.0 Å². The number of anilines is 3. The van der Waals surface area contributed by atoms with Crippen molar-refractivity contribution in [3.63, 3.8) is 0 Å². The number of hydrogen-bond donors (Lipinski definition) is 0. The molecule has 0 saturated carbocycles. The van der Waals surface area contributed by atoms with Crippen LogP contribution in [0.25, 0.3) is 82.8 Å². The number of benzene rings is 10. The van der Waals surface area contributed by atoms with Gasteiger partial charge < -0.3 is 9.47 Å². The van der Waals surface area contributed by atoms with Crippen LogP contribution in [-0.2, 0) is 5.41 Å². The minimum absolute atomic E-state index is 0.0440. The summed E-state index contributed by atoms with van der Waals surface area (Å²) in [6, 6.07) is 80.9. The third-order valence-corrected chi connectivity index (χ3v) is 13.9. The molecule has 0 unspecified atom stereocenters. The number of aromatic nitrogens is 1. The molecule has 0 spiro atoms. The van der Waals surface area contributed by atoms with Crippen LogP contribution >= 0.6 is 0 Å². The number of aryl methyl sites for hydroxylation is 2. The molecule has 11 aromatic rings. The van der Waals surface area contributed by atoms with Gasteiger partial charge in [0.2, 0.25) is 0 Å². The van der Waals surface area contributed by atoms with E-state index in [4.69, 9.17) is 0 Å². The zero-order chi connectivity index (χ0) is 43.8. The van der Waals surface area contributed by atoms with Crippen molar-refractivity contribution < 1.29 is 0 Å². The zero-order valence-corrected chi connectivity index (χ0v) is 37.2. The Bertz CT molecular complexity index is 3620.